The van der Waals surface area contributed by atoms with E-state index in [-0.39, 0.29) is 6.73 Å². The van der Waals surface area contributed by atoms with Gasteiger partial charge in [0.25, 0.3) is 0 Å². The van der Waals surface area contributed by atoms with Gasteiger partial charge in [-0.05, 0) is 7.05 Å². The number of quaternary nitrogens is 1. The Morgan fingerprint density at radius 3 is 2.13 bits per heavy atom. The molecule has 0 fully saturated rings. The van der Waals surface area contributed by atoms with E-state index in [4.69, 9.17) is 9.79 Å². The fourth-order valence-electron chi connectivity index (χ4n) is 0.711. The second-order valence-electron chi connectivity index (χ2n) is 3.51. The molecule has 0 saturated heterocycles. The van der Waals surface area contributed by atoms with Gasteiger partial charge in [-0.3, -0.25) is 0 Å². The van der Waals surface area contributed by atoms with E-state index in [1.54, 1.807) is 0 Å². The molecule has 104 valence electrons. The first-order chi connectivity index (χ1) is 5.77. The van der Waals surface area contributed by atoms with Crippen LogP contribution < -0.4 is 5.32 Å². The molecule has 0 unspecified atom stereocenters. The molecule has 0 aromatic carbocycles. The third kappa shape index (κ3) is 12.0. The molecular formula is C6H18Fm2N2O4P+. The molecule has 0 aliphatic heterocycles. The Kier molecular flexibility index (Phi) is 8.10. The van der Waals surface area contributed by atoms with Gasteiger partial charge in [0.2, 0.25) is 0 Å². The standard InChI is InChI=1S/C6H17N2O4P.2Fm/c1-7-4-5-8(2,3)6-12-13(9,10)11;;/h7H,4-6H2,1-3H3,(H-,9,10,11);;/p+1. The molecule has 0 amide bonds. The molecule has 0 aliphatic rings. The van der Waals surface area contributed by atoms with Gasteiger partial charge < -0.3 is 19.6 Å². The van der Waals surface area contributed by atoms with Crippen LogP contribution in [0.15, 0.2) is 0 Å². The van der Waals surface area contributed by atoms with E-state index < -0.39 is 7.82 Å². The summed E-state index contributed by atoms with van der Waals surface area (Å²) in [7, 11) is 1.17. The molecule has 15 heavy (non-hydrogen) atoms. The average molecular weight is 727 g/mol. The van der Waals surface area contributed by atoms with Crippen LogP contribution in [0, 0.1) is 0 Å². The minimum atomic E-state index is -4.33. The maximum Gasteiger partial charge on any atom is 0.474 e. The van der Waals surface area contributed by atoms with Crippen molar-refractivity contribution in [2.24, 2.45) is 0 Å². The molecule has 0 heterocycles. The summed E-state index contributed by atoms with van der Waals surface area (Å²) in [5.41, 5.74) is 0. The van der Waals surface area contributed by atoms with Crippen molar-refractivity contribution < 1.29 is 23.4 Å². The summed E-state index contributed by atoms with van der Waals surface area (Å²) >= 11 is 0. The molecule has 0 saturated carbocycles. The predicted molar refractivity (Wildman–Crippen MR) is 48.9 cm³/mol. The number of nitrogens with one attached hydrogen (secondary N) is 1. The van der Waals surface area contributed by atoms with Gasteiger partial charge in [0.05, 0.1) is 20.6 Å². The Morgan fingerprint density at radius 1 is 1.33 bits per heavy atom. The number of phosphoric ester groups is 1. The van der Waals surface area contributed by atoms with Crippen LogP contribution in [-0.4, -0.2) is 55.2 Å². The summed E-state index contributed by atoms with van der Waals surface area (Å²) in [5, 5.41) is 2.96. The smallest absolute Gasteiger partial charge is 0.315 e. The fraction of sp³-hybridized carbons (Fsp3) is 1.00. The van der Waals surface area contributed by atoms with Crippen LogP contribution in [0.2, 0.25) is 0 Å². The van der Waals surface area contributed by atoms with Crippen molar-refractivity contribution in [2.45, 2.75) is 0 Å². The SMILES string of the molecule is CNCC[N+](C)(C)COP(=O)(O)O.[Fm].[Fm]. The Bertz CT molecular complexity index is 200. The molecule has 3 N–H and O–H groups in total. The zero-order chi connectivity index (χ0) is 10.5. The van der Waals surface area contributed by atoms with Gasteiger partial charge in [-0.15, -0.1) is 0 Å². The minimum absolute atomic E-state index is 0. The largest absolute Gasteiger partial charge is 0.474 e. The van der Waals surface area contributed by atoms with Gasteiger partial charge >= 0.3 is 7.82 Å². The average Bonchev–Trinajstić information content (AvgIpc) is 1.97. The number of likely N-dealkylation sites (N-methyl/N-ethyl adjacent to an activating group) is 2. The molecule has 0 spiro atoms. The van der Waals surface area contributed by atoms with Crippen molar-refractivity contribution in [2.75, 3.05) is 41.0 Å². The number of nitrogens with zero attached hydrogens (tertiary/aromatic N) is 1. The summed E-state index contributed by atoms with van der Waals surface area (Å²) in [6, 6.07) is 0. The quantitative estimate of drug-likeness (QED) is 0.193. The fourth-order valence-corrected chi connectivity index (χ4v) is 1.17. The Balaban J connectivity index is -0.000000720. The first-order valence-corrected chi connectivity index (χ1v) is 5.46. The summed E-state index contributed by atoms with van der Waals surface area (Å²) in [5.74, 6) is 0. The van der Waals surface area contributed by atoms with Gasteiger partial charge in [-0.25, -0.2) is 9.09 Å². The molecule has 0 aliphatic carbocycles. The van der Waals surface area contributed by atoms with Crippen molar-refractivity contribution in [1.82, 2.24) is 5.32 Å². The van der Waals surface area contributed by atoms with Gasteiger partial charge in [0.15, 0.2) is 6.73 Å². The van der Waals surface area contributed by atoms with E-state index in [2.05, 4.69) is 9.84 Å². The topological polar surface area (TPSA) is 78.8 Å². The molecular weight excluding hydrogens is 709 g/mol. The zero-order valence-corrected chi connectivity index (χ0v) is 14.5. The normalized spacial score (nSPS) is 11.5. The molecule has 0 atom stereocenters. The van der Waals surface area contributed by atoms with Gasteiger partial charge in [0, 0.05) is 6.54 Å². The van der Waals surface area contributed by atoms with Crippen LogP contribution in [0.3, 0.4) is 0 Å². The van der Waals surface area contributed by atoms with Crippen LogP contribution in [-0.2, 0) is 9.09 Å². The van der Waals surface area contributed by atoms with Crippen molar-refractivity contribution in [3.05, 3.63) is 0 Å². The zero-order valence-electron chi connectivity index (χ0n) is 8.80. The first-order valence-electron chi connectivity index (χ1n) is 3.93. The second-order valence-corrected chi connectivity index (χ2v) is 4.75. The van der Waals surface area contributed by atoms with E-state index >= 15 is 0 Å². The summed E-state index contributed by atoms with van der Waals surface area (Å²) in [4.78, 5) is 16.9. The molecule has 6 nitrogen and oxygen atoms in total. The Labute approximate surface area is 78.3 Å². The van der Waals surface area contributed by atoms with Crippen LogP contribution >= 0.6 is 7.82 Å². The van der Waals surface area contributed by atoms with E-state index in [1.807, 2.05) is 21.1 Å². The van der Waals surface area contributed by atoms with Crippen molar-refractivity contribution in [1.29, 1.82) is 0 Å². The minimum Gasteiger partial charge on any atom is -0.315 e. The maximum atomic E-state index is 10.4. The monoisotopic (exact) mass is 727 g/mol. The molecule has 9 heteroatoms. The second kappa shape index (κ2) is 6.48. The summed E-state index contributed by atoms with van der Waals surface area (Å²) in [6.45, 7) is 1.53. The number of phosphoric acid groups is 1. The van der Waals surface area contributed by atoms with Gasteiger partial charge in [-0.1, -0.05) is 0 Å². The number of hydrogen-bond acceptors (Lipinski definition) is 3. The van der Waals surface area contributed by atoms with Gasteiger partial charge in [-0.2, -0.15) is 0 Å². The van der Waals surface area contributed by atoms with Gasteiger partial charge in [0.1, 0.15) is 0 Å². The van der Waals surface area contributed by atoms with Crippen molar-refractivity contribution >= 4 is 7.82 Å². The predicted octanol–water partition coefficient (Wildman–Crippen LogP) is -0.651. The first kappa shape index (κ1) is 18.7. The molecule has 0 bridgehead atoms. The summed E-state index contributed by atoms with van der Waals surface area (Å²) in [6.07, 6.45) is 0. The Hall–Kier alpha value is -1.97. The summed E-state index contributed by atoms with van der Waals surface area (Å²) < 4.78 is 15.2. The Morgan fingerprint density at radius 2 is 1.80 bits per heavy atom. The van der Waals surface area contributed by atoms with Crippen LogP contribution in [0.5, 0.6) is 0 Å². The van der Waals surface area contributed by atoms with E-state index in [0.717, 1.165) is 13.1 Å². The molecule has 0 radical (unpaired) electrons. The van der Waals surface area contributed by atoms with E-state index in [0.29, 0.717) is 4.48 Å². The van der Waals surface area contributed by atoms with Crippen molar-refractivity contribution in [3.63, 3.8) is 0 Å². The molecule has 0 aromatic heterocycles. The molecule has 0 aromatic rings. The van der Waals surface area contributed by atoms with E-state index in [9.17, 15) is 4.57 Å². The third-order valence-corrected chi connectivity index (χ3v) is 1.99. The number of rotatable bonds is 6. The third-order valence-electron chi connectivity index (χ3n) is 1.54. The maximum absolute atomic E-state index is 10.4. The van der Waals surface area contributed by atoms with Crippen LogP contribution in [0.4, 0.5) is 0 Å². The number of hydrogen-bond donors (Lipinski definition) is 3. The van der Waals surface area contributed by atoms with Crippen LogP contribution in [0.25, 0.3) is 0 Å². The molecule has 0 rings (SSSR count). The van der Waals surface area contributed by atoms with Crippen molar-refractivity contribution in [3.8, 4) is 0 Å². The van der Waals surface area contributed by atoms with E-state index in [1.165, 1.54) is 0 Å². The van der Waals surface area contributed by atoms with Crippen LogP contribution in [0.1, 0.15) is 0 Å².